The second-order valence-corrected chi connectivity index (χ2v) is 6.98. The molecule has 1 saturated heterocycles. The summed E-state index contributed by atoms with van der Waals surface area (Å²) in [6, 6.07) is 6.22. The molecule has 152 valence electrons. The monoisotopic (exact) mass is 393 g/mol. The van der Waals surface area contributed by atoms with E-state index in [1.807, 2.05) is 6.92 Å². The van der Waals surface area contributed by atoms with Gasteiger partial charge in [0.15, 0.2) is 0 Å². The summed E-state index contributed by atoms with van der Waals surface area (Å²) in [6.07, 6.45) is 1.00. The van der Waals surface area contributed by atoms with Crippen LogP contribution in [0.15, 0.2) is 30.6 Å². The molecule has 3 rings (SSSR count). The van der Waals surface area contributed by atoms with Crippen molar-refractivity contribution in [1.82, 2.24) is 9.97 Å². The molecule has 0 saturated carbocycles. The molecule has 2 atom stereocenters. The zero-order valence-electron chi connectivity index (χ0n) is 15.9. The van der Waals surface area contributed by atoms with Crippen LogP contribution in [0, 0.1) is 0 Å². The van der Waals surface area contributed by atoms with Crippen LogP contribution in [-0.2, 0) is 4.74 Å². The Morgan fingerprint density at radius 3 is 2.75 bits per heavy atom. The highest BCUT2D eigenvalue weighted by Crippen LogP contribution is 2.32. The van der Waals surface area contributed by atoms with Gasteiger partial charge in [0.05, 0.1) is 24.9 Å². The maximum absolute atomic E-state index is 13.5. The van der Waals surface area contributed by atoms with Crippen LogP contribution in [-0.4, -0.2) is 48.8 Å². The minimum Gasteiger partial charge on any atom is -0.488 e. The first-order valence-corrected chi connectivity index (χ1v) is 9.04. The second-order valence-electron chi connectivity index (χ2n) is 6.98. The fourth-order valence-corrected chi connectivity index (χ4v) is 3.19. The van der Waals surface area contributed by atoms with Gasteiger partial charge in [-0.1, -0.05) is 0 Å². The lowest BCUT2D eigenvalue weighted by Crippen LogP contribution is -2.26. The summed E-state index contributed by atoms with van der Waals surface area (Å²) in [7, 11) is 1.60. The third-order valence-corrected chi connectivity index (χ3v) is 4.62. The molecule has 4 N–H and O–H groups in total. The number of nitrogens with zero attached hydrogens (tertiary/aromatic N) is 3. The summed E-state index contributed by atoms with van der Waals surface area (Å²) >= 11 is 0. The molecule has 0 radical (unpaired) electrons. The maximum Gasteiger partial charge on any atom is 0.266 e. The van der Waals surface area contributed by atoms with Crippen LogP contribution in [0.5, 0.6) is 5.75 Å². The first-order chi connectivity index (χ1) is 13.3. The summed E-state index contributed by atoms with van der Waals surface area (Å²) in [5.74, 6) is -1.67. The molecule has 2 unspecified atom stereocenters. The molecule has 0 spiro atoms. The van der Waals surface area contributed by atoms with Crippen LogP contribution in [0.4, 0.5) is 20.3 Å². The number of hydrogen-bond acceptors (Lipinski definition) is 7. The van der Waals surface area contributed by atoms with Crippen molar-refractivity contribution in [1.29, 1.82) is 0 Å². The zero-order valence-corrected chi connectivity index (χ0v) is 15.9. The van der Waals surface area contributed by atoms with Gasteiger partial charge in [-0.25, -0.2) is 18.7 Å². The lowest BCUT2D eigenvalue weighted by Gasteiger charge is -2.20. The van der Waals surface area contributed by atoms with E-state index in [-0.39, 0.29) is 25.6 Å². The predicted molar refractivity (Wildman–Crippen MR) is 103 cm³/mol. The number of benzene rings is 1. The number of methoxy groups -OCH3 is 1. The molecule has 1 aliphatic rings. The van der Waals surface area contributed by atoms with E-state index >= 15 is 0 Å². The van der Waals surface area contributed by atoms with Gasteiger partial charge in [0.1, 0.15) is 24.0 Å². The third-order valence-electron chi connectivity index (χ3n) is 4.62. The average Bonchev–Trinajstić information content (AvgIpc) is 3.03. The number of halogens is 2. The Kier molecular flexibility index (Phi) is 5.95. The molecule has 0 amide bonds. The molecular weight excluding hydrogens is 368 g/mol. The fourth-order valence-electron chi connectivity index (χ4n) is 3.19. The average molecular weight is 393 g/mol. The lowest BCUT2D eigenvalue weighted by molar-refractivity contribution is 0.0256. The Balaban J connectivity index is 1.82. The van der Waals surface area contributed by atoms with E-state index < -0.39 is 12.0 Å². The molecule has 2 heterocycles. The quantitative estimate of drug-likeness (QED) is 0.697. The number of anilines is 2. The van der Waals surface area contributed by atoms with Gasteiger partial charge in [-0.3, -0.25) is 0 Å². The first kappa shape index (κ1) is 20.2. The van der Waals surface area contributed by atoms with Crippen molar-refractivity contribution in [3.63, 3.8) is 0 Å². The summed E-state index contributed by atoms with van der Waals surface area (Å²) in [5.41, 5.74) is 14.1. The first-order valence-electron chi connectivity index (χ1n) is 9.04. The second kappa shape index (κ2) is 8.24. The summed E-state index contributed by atoms with van der Waals surface area (Å²) in [5, 5.41) is 0. The summed E-state index contributed by atoms with van der Waals surface area (Å²) in [6.45, 7) is 2.21. The number of alkyl halides is 2. The van der Waals surface area contributed by atoms with E-state index in [9.17, 15) is 8.78 Å². The number of aromatic nitrogens is 2. The summed E-state index contributed by atoms with van der Waals surface area (Å²) in [4.78, 5) is 9.87. The van der Waals surface area contributed by atoms with Crippen LogP contribution in [0.1, 0.15) is 30.6 Å². The highest BCUT2D eigenvalue weighted by atomic mass is 19.3. The molecule has 0 bridgehead atoms. The number of hydrogen-bond donors (Lipinski definition) is 2. The van der Waals surface area contributed by atoms with Crippen molar-refractivity contribution in [3.8, 4) is 5.75 Å². The molecule has 28 heavy (non-hydrogen) atoms. The van der Waals surface area contributed by atoms with Crippen LogP contribution >= 0.6 is 0 Å². The van der Waals surface area contributed by atoms with Gasteiger partial charge in [-0.15, -0.1) is 0 Å². The van der Waals surface area contributed by atoms with Gasteiger partial charge < -0.3 is 25.8 Å². The SMILES string of the molecule is COCC(C)Oc1ccc(N)c(C(N)c2cc(N3CCC(F)(F)C3)ncn2)c1. The van der Waals surface area contributed by atoms with E-state index in [4.69, 9.17) is 20.9 Å². The van der Waals surface area contributed by atoms with E-state index in [0.29, 0.717) is 35.1 Å². The molecule has 1 fully saturated rings. The largest absolute Gasteiger partial charge is 0.488 e. The van der Waals surface area contributed by atoms with Crippen molar-refractivity contribution in [2.75, 3.05) is 37.4 Å². The number of rotatable bonds is 7. The molecule has 1 aromatic heterocycles. The topological polar surface area (TPSA) is 99.5 Å². The lowest BCUT2D eigenvalue weighted by atomic mass is 10.0. The van der Waals surface area contributed by atoms with Gasteiger partial charge in [-0.05, 0) is 25.1 Å². The van der Waals surface area contributed by atoms with Gasteiger partial charge in [-0.2, -0.15) is 0 Å². The van der Waals surface area contributed by atoms with Crippen LogP contribution in [0.3, 0.4) is 0 Å². The molecule has 2 aromatic rings. The molecule has 1 aliphatic heterocycles. The van der Waals surface area contributed by atoms with Crippen molar-refractivity contribution < 1.29 is 18.3 Å². The Labute approximate surface area is 162 Å². The van der Waals surface area contributed by atoms with Gasteiger partial charge in [0, 0.05) is 37.4 Å². The van der Waals surface area contributed by atoms with E-state index in [0.717, 1.165) is 0 Å². The number of nitrogens with two attached hydrogens (primary N) is 2. The van der Waals surface area contributed by atoms with Crippen molar-refractivity contribution in [2.45, 2.75) is 31.4 Å². The third kappa shape index (κ3) is 4.66. The minimum atomic E-state index is -2.71. The van der Waals surface area contributed by atoms with Crippen molar-refractivity contribution in [2.24, 2.45) is 5.73 Å². The van der Waals surface area contributed by atoms with Crippen LogP contribution in [0.2, 0.25) is 0 Å². The van der Waals surface area contributed by atoms with E-state index in [2.05, 4.69) is 9.97 Å². The van der Waals surface area contributed by atoms with E-state index in [1.54, 1.807) is 31.4 Å². The summed E-state index contributed by atoms with van der Waals surface area (Å²) < 4.78 is 37.9. The van der Waals surface area contributed by atoms with Gasteiger partial charge >= 0.3 is 0 Å². The zero-order chi connectivity index (χ0) is 20.3. The molecule has 7 nitrogen and oxygen atoms in total. The minimum absolute atomic E-state index is 0.139. The molecule has 0 aliphatic carbocycles. The highest BCUT2D eigenvalue weighted by molar-refractivity contribution is 5.54. The van der Waals surface area contributed by atoms with Crippen molar-refractivity contribution >= 4 is 11.5 Å². The Morgan fingerprint density at radius 1 is 1.29 bits per heavy atom. The smallest absolute Gasteiger partial charge is 0.266 e. The van der Waals surface area contributed by atoms with Gasteiger partial charge in [0.2, 0.25) is 0 Å². The molecule has 9 heteroatoms. The fraction of sp³-hybridized carbons (Fsp3) is 0.474. The Morgan fingerprint density at radius 2 is 2.07 bits per heavy atom. The Bertz CT molecular complexity index is 821. The predicted octanol–water partition coefficient (Wildman–Crippen LogP) is 2.37. The number of nitrogen functional groups attached to an aromatic ring is 1. The highest BCUT2D eigenvalue weighted by Gasteiger charge is 2.38. The number of ether oxygens (including phenoxy) is 2. The molecule has 1 aromatic carbocycles. The molecular formula is C19H25F2N5O2. The van der Waals surface area contributed by atoms with Crippen LogP contribution in [0.25, 0.3) is 0 Å². The van der Waals surface area contributed by atoms with Gasteiger partial charge in [0.25, 0.3) is 5.92 Å². The normalized spacial score (nSPS) is 18.1. The van der Waals surface area contributed by atoms with Crippen LogP contribution < -0.4 is 21.1 Å². The Hall–Kier alpha value is -2.52. The maximum atomic E-state index is 13.5. The van der Waals surface area contributed by atoms with Crippen molar-refractivity contribution in [3.05, 3.63) is 41.9 Å². The van der Waals surface area contributed by atoms with E-state index in [1.165, 1.54) is 11.2 Å². The standard InChI is InChI=1S/C19H25F2N5O2/c1-12(9-27-2)28-13-3-4-15(22)14(7-13)18(23)16-8-17(25-11-24-16)26-6-5-19(20,21)10-26/h3-4,7-8,11-12,18H,5-6,9-10,22-23H2,1-2H3.